The highest BCUT2D eigenvalue weighted by atomic mass is 15.2. The molecule has 1 atom stereocenters. The van der Waals surface area contributed by atoms with Crippen LogP contribution in [0.25, 0.3) is 0 Å². The fourth-order valence-corrected chi connectivity index (χ4v) is 3.37. The van der Waals surface area contributed by atoms with E-state index in [1.54, 1.807) is 0 Å². The van der Waals surface area contributed by atoms with Crippen molar-refractivity contribution in [3.05, 3.63) is 71.8 Å². The lowest BCUT2D eigenvalue weighted by Crippen LogP contribution is -2.36. The van der Waals surface area contributed by atoms with Crippen molar-refractivity contribution in [1.82, 2.24) is 10.2 Å². The van der Waals surface area contributed by atoms with Crippen molar-refractivity contribution >= 4 is 5.96 Å². The number of hydrogen-bond donors (Lipinski definition) is 2. The lowest BCUT2D eigenvalue weighted by Gasteiger charge is -2.23. The monoisotopic (exact) mass is 336 g/mol. The van der Waals surface area contributed by atoms with Gasteiger partial charge in [0, 0.05) is 19.1 Å². The van der Waals surface area contributed by atoms with Crippen molar-refractivity contribution in [2.24, 2.45) is 10.7 Å². The van der Waals surface area contributed by atoms with Gasteiger partial charge in [0.2, 0.25) is 0 Å². The summed E-state index contributed by atoms with van der Waals surface area (Å²) in [6, 6.07) is 21.6. The fourth-order valence-electron chi connectivity index (χ4n) is 3.37. The maximum atomic E-state index is 6.03. The van der Waals surface area contributed by atoms with E-state index in [0.717, 1.165) is 32.6 Å². The first-order valence-electron chi connectivity index (χ1n) is 9.17. The summed E-state index contributed by atoms with van der Waals surface area (Å²) in [7, 11) is 0. The van der Waals surface area contributed by atoms with Crippen LogP contribution in [0.15, 0.2) is 65.7 Å². The Hall–Kier alpha value is -2.33. The first-order chi connectivity index (χ1) is 12.3. The molecule has 25 heavy (non-hydrogen) atoms. The van der Waals surface area contributed by atoms with Crippen molar-refractivity contribution in [3.63, 3.8) is 0 Å². The molecule has 0 radical (unpaired) electrons. The third-order valence-electron chi connectivity index (χ3n) is 4.76. The van der Waals surface area contributed by atoms with Crippen LogP contribution in [0.1, 0.15) is 24.0 Å². The zero-order chi connectivity index (χ0) is 17.3. The van der Waals surface area contributed by atoms with E-state index in [0.29, 0.717) is 12.0 Å². The van der Waals surface area contributed by atoms with E-state index in [2.05, 4.69) is 69.8 Å². The molecule has 0 aromatic heterocycles. The zero-order valence-electron chi connectivity index (χ0n) is 14.8. The van der Waals surface area contributed by atoms with Gasteiger partial charge in [-0.05, 0) is 36.9 Å². The quantitative estimate of drug-likeness (QED) is 0.604. The summed E-state index contributed by atoms with van der Waals surface area (Å²) in [5, 5.41) is 3.23. The third kappa shape index (κ3) is 5.61. The maximum Gasteiger partial charge on any atom is 0.188 e. The Bertz CT molecular complexity index is 654. The molecule has 0 spiro atoms. The molecule has 2 aromatic rings. The average Bonchev–Trinajstić information content (AvgIpc) is 3.09. The number of nitrogens with two attached hydrogens (primary N) is 1. The van der Waals surface area contributed by atoms with Crippen LogP contribution in [-0.2, 0) is 13.0 Å². The van der Waals surface area contributed by atoms with E-state index in [1.807, 2.05) is 6.07 Å². The van der Waals surface area contributed by atoms with Gasteiger partial charge in [0.15, 0.2) is 5.96 Å². The fraction of sp³-hybridized carbons (Fsp3) is 0.381. The van der Waals surface area contributed by atoms with Gasteiger partial charge in [0.1, 0.15) is 0 Å². The molecule has 3 N–H and O–H groups in total. The molecule has 1 aliphatic rings. The van der Waals surface area contributed by atoms with Crippen molar-refractivity contribution in [3.8, 4) is 0 Å². The second-order valence-electron chi connectivity index (χ2n) is 6.64. The number of hydrogen-bond acceptors (Lipinski definition) is 2. The van der Waals surface area contributed by atoms with Crippen LogP contribution in [0.5, 0.6) is 0 Å². The molecule has 0 saturated carbocycles. The second-order valence-corrected chi connectivity index (χ2v) is 6.64. The van der Waals surface area contributed by atoms with Gasteiger partial charge in [-0.15, -0.1) is 0 Å². The van der Waals surface area contributed by atoms with Gasteiger partial charge >= 0.3 is 0 Å². The van der Waals surface area contributed by atoms with Crippen LogP contribution in [0.4, 0.5) is 0 Å². The molecule has 0 amide bonds. The number of likely N-dealkylation sites (tertiary alicyclic amines) is 1. The molecule has 1 fully saturated rings. The van der Waals surface area contributed by atoms with E-state index in [1.165, 1.54) is 24.0 Å². The number of guanidine groups is 1. The second kappa shape index (κ2) is 9.23. The normalized spacial score (nSPS) is 18.4. The smallest absolute Gasteiger partial charge is 0.188 e. The topological polar surface area (TPSA) is 53.6 Å². The number of rotatable bonds is 7. The Morgan fingerprint density at radius 1 is 1.04 bits per heavy atom. The zero-order valence-corrected chi connectivity index (χ0v) is 14.8. The van der Waals surface area contributed by atoms with Gasteiger partial charge in [-0.25, -0.2) is 0 Å². The molecule has 1 aliphatic heterocycles. The van der Waals surface area contributed by atoms with Crippen molar-refractivity contribution in [1.29, 1.82) is 0 Å². The lowest BCUT2D eigenvalue weighted by molar-refractivity contribution is 0.250. The van der Waals surface area contributed by atoms with Gasteiger partial charge in [-0.1, -0.05) is 60.7 Å². The van der Waals surface area contributed by atoms with Crippen LogP contribution in [-0.4, -0.2) is 36.5 Å². The molecule has 1 heterocycles. The summed E-state index contributed by atoms with van der Waals surface area (Å²) in [6.07, 6.45) is 3.41. The predicted molar refractivity (Wildman–Crippen MR) is 105 cm³/mol. The van der Waals surface area contributed by atoms with Crippen LogP contribution in [0.2, 0.25) is 0 Å². The minimum Gasteiger partial charge on any atom is -0.370 e. The number of benzene rings is 2. The molecular formula is C21H28N4. The largest absolute Gasteiger partial charge is 0.370 e. The Balaban J connectivity index is 1.43. The summed E-state index contributed by atoms with van der Waals surface area (Å²) < 4.78 is 0. The summed E-state index contributed by atoms with van der Waals surface area (Å²) in [6.45, 7) is 3.74. The molecule has 1 unspecified atom stereocenters. The van der Waals surface area contributed by atoms with Gasteiger partial charge in [-0.2, -0.15) is 0 Å². The van der Waals surface area contributed by atoms with E-state index in [4.69, 9.17) is 5.73 Å². The third-order valence-corrected chi connectivity index (χ3v) is 4.76. The van der Waals surface area contributed by atoms with Crippen LogP contribution in [0.3, 0.4) is 0 Å². The molecular weight excluding hydrogens is 308 g/mol. The predicted octanol–water partition coefficient (Wildman–Crippen LogP) is 2.80. The van der Waals surface area contributed by atoms with Crippen molar-refractivity contribution in [2.45, 2.75) is 31.8 Å². The Kier molecular flexibility index (Phi) is 6.46. The molecule has 3 rings (SSSR count). The molecule has 4 heteroatoms. The van der Waals surface area contributed by atoms with Gasteiger partial charge in [-0.3, -0.25) is 9.89 Å². The summed E-state index contributed by atoms with van der Waals surface area (Å²) in [5.74, 6) is 0.558. The highest BCUT2D eigenvalue weighted by molar-refractivity contribution is 5.77. The standard InChI is InChI=1S/C21H28N4/c22-21(23-14-13-18-8-3-1-4-9-18)24-16-20-12-7-15-25(20)17-19-10-5-2-6-11-19/h1-6,8-11,20H,7,12-17H2,(H3,22,23,24). The van der Waals surface area contributed by atoms with Crippen LogP contribution < -0.4 is 11.1 Å². The van der Waals surface area contributed by atoms with Crippen molar-refractivity contribution in [2.75, 3.05) is 19.6 Å². The van der Waals surface area contributed by atoms with E-state index in [9.17, 15) is 0 Å². The van der Waals surface area contributed by atoms with Crippen LogP contribution >= 0.6 is 0 Å². The summed E-state index contributed by atoms with van der Waals surface area (Å²) in [5.41, 5.74) is 8.71. The number of nitrogens with zero attached hydrogens (tertiary/aromatic N) is 2. The van der Waals surface area contributed by atoms with Gasteiger partial charge in [0.25, 0.3) is 0 Å². The molecule has 132 valence electrons. The number of nitrogens with one attached hydrogen (secondary N) is 1. The summed E-state index contributed by atoms with van der Waals surface area (Å²) in [4.78, 5) is 7.09. The maximum absolute atomic E-state index is 6.03. The minimum atomic E-state index is 0.495. The lowest BCUT2D eigenvalue weighted by atomic mass is 10.1. The minimum absolute atomic E-state index is 0.495. The molecule has 2 aromatic carbocycles. The van der Waals surface area contributed by atoms with E-state index >= 15 is 0 Å². The highest BCUT2D eigenvalue weighted by Crippen LogP contribution is 2.20. The van der Waals surface area contributed by atoms with Crippen LogP contribution in [0, 0.1) is 0 Å². The van der Waals surface area contributed by atoms with Gasteiger partial charge < -0.3 is 11.1 Å². The average molecular weight is 336 g/mol. The first kappa shape index (κ1) is 17.5. The Morgan fingerprint density at radius 3 is 2.44 bits per heavy atom. The molecule has 4 nitrogen and oxygen atoms in total. The SMILES string of the molecule is NC(=NCC1CCCN1Cc1ccccc1)NCCc1ccccc1. The van der Waals surface area contributed by atoms with Gasteiger partial charge in [0.05, 0.1) is 6.54 Å². The van der Waals surface area contributed by atoms with E-state index < -0.39 is 0 Å². The Morgan fingerprint density at radius 2 is 1.72 bits per heavy atom. The molecule has 0 aliphatic carbocycles. The first-order valence-corrected chi connectivity index (χ1v) is 9.17. The summed E-state index contributed by atoms with van der Waals surface area (Å²) >= 11 is 0. The molecule has 1 saturated heterocycles. The van der Waals surface area contributed by atoms with Crippen molar-refractivity contribution < 1.29 is 0 Å². The van der Waals surface area contributed by atoms with E-state index in [-0.39, 0.29) is 0 Å². The Labute approximate surface area is 150 Å². The number of aliphatic imine (C=N–C) groups is 1. The highest BCUT2D eigenvalue weighted by Gasteiger charge is 2.24. The molecule has 0 bridgehead atoms.